The molecule has 1 saturated carbocycles. The Balaban J connectivity index is 1.94. The molecule has 0 spiro atoms. The van der Waals surface area contributed by atoms with Gasteiger partial charge in [-0.25, -0.2) is 0 Å². The Hall–Kier alpha value is -0.0400. The average Bonchev–Trinajstić information content (AvgIpc) is 2.33. The van der Waals surface area contributed by atoms with Gasteiger partial charge in [-0.2, -0.15) is 0 Å². The molecule has 1 unspecified atom stereocenters. The first-order valence-corrected chi connectivity index (χ1v) is 7.56. The molecule has 0 aliphatic heterocycles. The molecule has 1 aliphatic rings. The lowest BCUT2D eigenvalue weighted by molar-refractivity contribution is 0.325. The van der Waals surface area contributed by atoms with Gasteiger partial charge in [0, 0.05) is 6.04 Å². The highest BCUT2D eigenvalue weighted by atomic mass is 14.9. The third-order valence-corrected chi connectivity index (χ3v) is 3.97. The van der Waals surface area contributed by atoms with Gasteiger partial charge in [-0.1, -0.05) is 51.9 Å². The molecule has 1 aliphatic carbocycles. The van der Waals surface area contributed by atoms with Gasteiger partial charge in [0.25, 0.3) is 0 Å². The van der Waals surface area contributed by atoms with Gasteiger partial charge in [0.1, 0.15) is 0 Å². The van der Waals surface area contributed by atoms with Crippen molar-refractivity contribution in [2.45, 2.75) is 84.1 Å². The first-order chi connectivity index (χ1) is 7.83. The predicted molar refractivity (Wildman–Crippen MR) is 72.8 cm³/mol. The molecule has 1 nitrogen and oxygen atoms in total. The van der Waals surface area contributed by atoms with E-state index in [9.17, 15) is 0 Å². The van der Waals surface area contributed by atoms with E-state index in [0.29, 0.717) is 0 Å². The normalized spacial score (nSPS) is 19.9. The highest BCUT2D eigenvalue weighted by Gasteiger charge is 2.13. The minimum absolute atomic E-state index is 0.735. The summed E-state index contributed by atoms with van der Waals surface area (Å²) in [6, 6.07) is 0.735. The van der Waals surface area contributed by atoms with Crippen molar-refractivity contribution in [1.29, 1.82) is 0 Å². The maximum atomic E-state index is 3.73. The van der Waals surface area contributed by atoms with E-state index < -0.39 is 0 Å². The van der Waals surface area contributed by atoms with E-state index in [1.165, 1.54) is 70.8 Å². The lowest BCUT2D eigenvalue weighted by atomic mass is 9.89. The summed E-state index contributed by atoms with van der Waals surface area (Å²) in [6.45, 7) is 5.91. The van der Waals surface area contributed by atoms with E-state index in [4.69, 9.17) is 0 Å². The zero-order valence-corrected chi connectivity index (χ0v) is 11.4. The minimum Gasteiger partial charge on any atom is -0.314 e. The molecule has 0 aromatic heterocycles. The molecule has 16 heavy (non-hydrogen) atoms. The monoisotopic (exact) mass is 225 g/mol. The molecular formula is C15H31N. The van der Waals surface area contributed by atoms with Crippen LogP contribution in [-0.4, -0.2) is 12.6 Å². The van der Waals surface area contributed by atoms with Crippen LogP contribution in [0.1, 0.15) is 78.1 Å². The summed E-state index contributed by atoms with van der Waals surface area (Å²) in [5, 5.41) is 3.73. The Bertz CT molecular complexity index is 150. The number of hydrogen-bond acceptors (Lipinski definition) is 1. The summed E-state index contributed by atoms with van der Waals surface area (Å²) in [7, 11) is 0. The third kappa shape index (κ3) is 6.52. The quantitative estimate of drug-likeness (QED) is 0.599. The van der Waals surface area contributed by atoms with Crippen LogP contribution in [0.4, 0.5) is 0 Å². The lowest BCUT2D eigenvalue weighted by Gasteiger charge is -2.24. The fraction of sp³-hybridized carbons (Fsp3) is 1.00. The van der Waals surface area contributed by atoms with Crippen LogP contribution >= 0.6 is 0 Å². The maximum Gasteiger partial charge on any atom is 0.00388 e. The second kappa shape index (κ2) is 9.04. The topological polar surface area (TPSA) is 12.0 Å². The van der Waals surface area contributed by atoms with E-state index in [0.717, 1.165) is 12.0 Å². The van der Waals surface area contributed by atoms with Crippen molar-refractivity contribution in [2.75, 3.05) is 6.54 Å². The Morgan fingerprint density at radius 3 is 2.50 bits per heavy atom. The van der Waals surface area contributed by atoms with Gasteiger partial charge in [-0.05, 0) is 38.6 Å². The summed E-state index contributed by atoms with van der Waals surface area (Å²) in [4.78, 5) is 0. The van der Waals surface area contributed by atoms with Crippen molar-refractivity contribution in [3.8, 4) is 0 Å². The molecule has 0 heterocycles. The van der Waals surface area contributed by atoms with E-state index in [2.05, 4.69) is 19.2 Å². The number of nitrogens with one attached hydrogen (secondary N) is 1. The Kier molecular flexibility index (Phi) is 7.92. The van der Waals surface area contributed by atoms with Crippen LogP contribution in [0.5, 0.6) is 0 Å². The lowest BCUT2D eigenvalue weighted by Crippen LogP contribution is -2.32. The SMILES string of the molecule is CCCCCCC(C)NCC1CCCCC1. The fourth-order valence-corrected chi connectivity index (χ4v) is 2.74. The summed E-state index contributed by atoms with van der Waals surface area (Å²) in [5.74, 6) is 0.979. The van der Waals surface area contributed by atoms with E-state index in [1.54, 1.807) is 0 Å². The van der Waals surface area contributed by atoms with Crippen LogP contribution in [-0.2, 0) is 0 Å². The summed E-state index contributed by atoms with van der Waals surface area (Å²) in [5.41, 5.74) is 0. The second-order valence-electron chi connectivity index (χ2n) is 5.66. The second-order valence-corrected chi connectivity index (χ2v) is 5.66. The van der Waals surface area contributed by atoms with Gasteiger partial charge >= 0.3 is 0 Å². The molecule has 1 atom stereocenters. The Morgan fingerprint density at radius 1 is 1.06 bits per heavy atom. The number of unbranched alkanes of at least 4 members (excludes halogenated alkanes) is 3. The van der Waals surface area contributed by atoms with Crippen LogP contribution in [0.3, 0.4) is 0 Å². The van der Waals surface area contributed by atoms with Crippen molar-refractivity contribution in [1.82, 2.24) is 5.32 Å². The first kappa shape index (κ1) is 14.0. The zero-order valence-electron chi connectivity index (χ0n) is 11.4. The molecule has 0 amide bonds. The molecule has 1 fully saturated rings. The summed E-state index contributed by atoms with van der Waals surface area (Å²) in [6.07, 6.45) is 14.3. The van der Waals surface area contributed by atoms with Crippen molar-refractivity contribution in [2.24, 2.45) is 5.92 Å². The fourth-order valence-electron chi connectivity index (χ4n) is 2.74. The molecular weight excluding hydrogens is 194 g/mol. The molecule has 0 aromatic rings. The molecule has 96 valence electrons. The zero-order chi connectivity index (χ0) is 11.6. The van der Waals surface area contributed by atoms with Crippen molar-refractivity contribution in [3.63, 3.8) is 0 Å². The third-order valence-electron chi connectivity index (χ3n) is 3.97. The van der Waals surface area contributed by atoms with E-state index in [-0.39, 0.29) is 0 Å². The molecule has 0 bridgehead atoms. The predicted octanol–water partition coefficient (Wildman–Crippen LogP) is 4.52. The van der Waals surface area contributed by atoms with Gasteiger partial charge in [-0.15, -0.1) is 0 Å². The van der Waals surface area contributed by atoms with Crippen LogP contribution in [0.2, 0.25) is 0 Å². The standard InChI is InChI=1S/C15H31N/c1-3-4-5-7-10-14(2)16-13-15-11-8-6-9-12-15/h14-16H,3-13H2,1-2H3. The van der Waals surface area contributed by atoms with E-state index >= 15 is 0 Å². The van der Waals surface area contributed by atoms with Crippen LogP contribution in [0.15, 0.2) is 0 Å². The van der Waals surface area contributed by atoms with Crippen LogP contribution in [0, 0.1) is 5.92 Å². The Morgan fingerprint density at radius 2 is 1.81 bits per heavy atom. The highest BCUT2D eigenvalue weighted by Crippen LogP contribution is 2.22. The highest BCUT2D eigenvalue weighted by molar-refractivity contribution is 4.70. The van der Waals surface area contributed by atoms with Crippen LogP contribution in [0.25, 0.3) is 0 Å². The molecule has 1 N–H and O–H groups in total. The largest absolute Gasteiger partial charge is 0.314 e. The molecule has 1 heteroatoms. The van der Waals surface area contributed by atoms with Gasteiger partial charge < -0.3 is 5.32 Å². The van der Waals surface area contributed by atoms with Crippen molar-refractivity contribution >= 4 is 0 Å². The number of rotatable bonds is 8. The Labute approximate surface area is 102 Å². The van der Waals surface area contributed by atoms with E-state index in [1.807, 2.05) is 0 Å². The van der Waals surface area contributed by atoms with Gasteiger partial charge in [0.15, 0.2) is 0 Å². The van der Waals surface area contributed by atoms with Gasteiger partial charge in [-0.3, -0.25) is 0 Å². The van der Waals surface area contributed by atoms with Gasteiger partial charge in [0.2, 0.25) is 0 Å². The maximum absolute atomic E-state index is 3.73. The average molecular weight is 225 g/mol. The summed E-state index contributed by atoms with van der Waals surface area (Å²) < 4.78 is 0. The van der Waals surface area contributed by atoms with Crippen molar-refractivity contribution < 1.29 is 0 Å². The molecule has 1 rings (SSSR count). The molecule has 0 radical (unpaired) electrons. The smallest absolute Gasteiger partial charge is 0.00388 e. The van der Waals surface area contributed by atoms with Crippen molar-refractivity contribution in [3.05, 3.63) is 0 Å². The first-order valence-electron chi connectivity index (χ1n) is 7.56. The summed E-state index contributed by atoms with van der Waals surface area (Å²) >= 11 is 0. The van der Waals surface area contributed by atoms with Crippen LogP contribution < -0.4 is 5.32 Å². The number of hydrogen-bond donors (Lipinski definition) is 1. The molecule has 0 aromatic carbocycles. The molecule has 0 saturated heterocycles. The van der Waals surface area contributed by atoms with Gasteiger partial charge in [0.05, 0.1) is 0 Å². The minimum atomic E-state index is 0.735.